The van der Waals surface area contributed by atoms with Gasteiger partial charge in [-0.15, -0.1) is 0 Å². The summed E-state index contributed by atoms with van der Waals surface area (Å²) in [4.78, 5) is 6.42. The molecule has 2 rings (SSSR count). The first-order valence-corrected chi connectivity index (χ1v) is 6.06. The Labute approximate surface area is 110 Å². The van der Waals surface area contributed by atoms with Crippen molar-refractivity contribution in [1.29, 1.82) is 0 Å². The molecule has 7 heteroatoms. The van der Waals surface area contributed by atoms with Gasteiger partial charge in [0.05, 0.1) is 29.3 Å². The van der Waals surface area contributed by atoms with Gasteiger partial charge in [-0.2, -0.15) is 0 Å². The van der Waals surface area contributed by atoms with Crippen molar-refractivity contribution >= 4 is 34.8 Å². The number of anilines is 2. The van der Waals surface area contributed by atoms with E-state index in [9.17, 15) is 0 Å². The van der Waals surface area contributed by atoms with Crippen molar-refractivity contribution in [3.8, 4) is 0 Å². The van der Waals surface area contributed by atoms with E-state index in [4.69, 9.17) is 33.8 Å². The molecular weight excluding hydrogens is 263 g/mol. The SMILES string of the molecule is CC1COCCN1c1nc(NN)c(Cl)cc1Cl. The average Bonchev–Trinajstić information content (AvgIpc) is 2.31. The van der Waals surface area contributed by atoms with Crippen LogP contribution in [0.25, 0.3) is 0 Å². The molecule has 2 heterocycles. The highest BCUT2D eigenvalue weighted by Gasteiger charge is 2.23. The van der Waals surface area contributed by atoms with Crippen molar-refractivity contribution in [3.63, 3.8) is 0 Å². The Hall–Kier alpha value is -0.750. The molecule has 1 fully saturated rings. The molecular formula is C10H14Cl2N4O. The van der Waals surface area contributed by atoms with Crippen LogP contribution in [0.1, 0.15) is 6.92 Å². The lowest BCUT2D eigenvalue weighted by molar-refractivity contribution is 0.0985. The van der Waals surface area contributed by atoms with Gasteiger partial charge < -0.3 is 15.1 Å². The van der Waals surface area contributed by atoms with Crippen LogP contribution in [-0.4, -0.2) is 30.8 Å². The summed E-state index contributed by atoms with van der Waals surface area (Å²) in [5.41, 5.74) is 2.46. The van der Waals surface area contributed by atoms with Crippen molar-refractivity contribution in [2.24, 2.45) is 5.84 Å². The number of halogens is 2. The van der Waals surface area contributed by atoms with Gasteiger partial charge >= 0.3 is 0 Å². The number of hydrogen-bond acceptors (Lipinski definition) is 5. The summed E-state index contributed by atoms with van der Waals surface area (Å²) in [6.07, 6.45) is 0. The van der Waals surface area contributed by atoms with Crippen LogP contribution in [-0.2, 0) is 4.74 Å². The quantitative estimate of drug-likeness (QED) is 0.638. The van der Waals surface area contributed by atoms with Gasteiger partial charge in [0.15, 0.2) is 5.82 Å². The molecule has 0 amide bonds. The Morgan fingerprint density at radius 2 is 2.29 bits per heavy atom. The third kappa shape index (κ3) is 2.57. The maximum absolute atomic E-state index is 6.16. The number of hydrazine groups is 1. The molecule has 0 aromatic carbocycles. The lowest BCUT2D eigenvalue weighted by atomic mass is 10.2. The number of ether oxygens (including phenoxy) is 1. The molecule has 17 heavy (non-hydrogen) atoms. The number of nitrogen functional groups attached to an aromatic ring is 1. The van der Waals surface area contributed by atoms with Crippen LogP contribution in [0, 0.1) is 0 Å². The predicted octanol–water partition coefficient (Wildman–Crippen LogP) is 1.90. The van der Waals surface area contributed by atoms with Crippen LogP contribution in [0.2, 0.25) is 10.0 Å². The van der Waals surface area contributed by atoms with Gasteiger partial charge in [0, 0.05) is 6.54 Å². The maximum Gasteiger partial charge on any atom is 0.161 e. The number of nitrogens with two attached hydrogens (primary N) is 1. The molecule has 1 atom stereocenters. The van der Waals surface area contributed by atoms with Crippen molar-refractivity contribution in [3.05, 3.63) is 16.1 Å². The number of aromatic nitrogens is 1. The standard InChI is InChI=1S/C10H14Cl2N4O/c1-6-5-17-3-2-16(6)10-8(12)4-7(11)9(14-10)15-13/h4,6H,2-3,5,13H2,1H3,(H,14,15). The third-order valence-corrected chi connectivity index (χ3v) is 3.25. The fourth-order valence-electron chi connectivity index (χ4n) is 1.80. The zero-order chi connectivity index (χ0) is 12.4. The third-order valence-electron chi connectivity index (χ3n) is 2.69. The molecule has 0 radical (unpaired) electrons. The molecule has 0 bridgehead atoms. The smallest absolute Gasteiger partial charge is 0.161 e. The molecule has 1 aliphatic rings. The van der Waals surface area contributed by atoms with Gasteiger partial charge in [0.1, 0.15) is 5.82 Å². The highest BCUT2D eigenvalue weighted by atomic mass is 35.5. The van der Waals surface area contributed by atoms with E-state index in [-0.39, 0.29) is 6.04 Å². The van der Waals surface area contributed by atoms with Crippen LogP contribution in [0.4, 0.5) is 11.6 Å². The Morgan fingerprint density at radius 1 is 1.53 bits per heavy atom. The lowest BCUT2D eigenvalue weighted by Gasteiger charge is -2.34. The Bertz CT molecular complexity index is 416. The summed E-state index contributed by atoms with van der Waals surface area (Å²) < 4.78 is 5.37. The van der Waals surface area contributed by atoms with Gasteiger partial charge in [0.2, 0.25) is 0 Å². The monoisotopic (exact) mass is 276 g/mol. The second kappa shape index (κ2) is 5.27. The average molecular weight is 277 g/mol. The van der Waals surface area contributed by atoms with Crippen LogP contribution in [0.3, 0.4) is 0 Å². The van der Waals surface area contributed by atoms with E-state index in [2.05, 4.69) is 22.2 Å². The number of rotatable bonds is 2. The normalized spacial score (nSPS) is 20.5. The van der Waals surface area contributed by atoms with Crippen molar-refractivity contribution in [1.82, 2.24) is 4.98 Å². The summed E-state index contributed by atoms with van der Waals surface area (Å²) in [6.45, 7) is 4.13. The van der Waals surface area contributed by atoms with E-state index < -0.39 is 0 Å². The number of nitrogens with zero attached hydrogens (tertiary/aromatic N) is 2. The van der Waals surface area contributed by atoms with E-state index in [0.29, 0.717) is 34.9 Å². The largest absolute Gasteiger partial charge is 0.377 e. The summed E-state index contributed by atoms with van der Waals surface area (Å²) in [5.74, 6) is 6.45. The molecule has 0 saturated carbocycles. The molecule has 1 aromatic rings. The van der Waals surface area contributed by atoms with E-state index >= 15 is 0 Å². The molecule has 3 N–H and O–H groups in total. The molecule has 0 aliphatic carbocycles. The molecule has 0 spiro atoms. The second-order valence-electron chi connectivity index (χ2n) is 3.89. The van der Waals surface area contributed by atoms with Crippen molar-refractivity contribution in [2.75, 3.05) is 30.1 Å². The summed E-state index contributed by atoms with van der Waals surface area (Å²) in [7, 11) is 0. The molecule has 1 unspecified atom stereocenters. The van der Waals surface area contributed by atoms with Gasteiger partial charge in [-0.1, -0.05) is 23.2 Å². The summed E-state index contributed by atoms with van der Waals surface area (Å²) in [5, 5.41) is 0.921. The zero-order valence-electron chi connectivity index (χ0n) is 9.41. The van der Waals surface area contributed by atoms with E-state index in [1.54, 1.807) is 6.07 Å². The first kappa shape index (κ1) is 12.7. The summed E-state index contributed by atoms with van der Waals surface area (Å²) >= 11 is 12.1. The second-order valence-corrected chi connectivity index (χ2v) is 4.70. The highest BCUT2D eigenvalue weighted by Crippen LogP contribution is 2.32. The fourth-order valence-corrected chi connectivity index (χ4v) is 2.32. The first-order chi connectivity index (χ1) is 8.13. The van der Waals surface area contributed by atoms with Crippen molar-refractivity contribution < 1.29 is 4.74 Å². The minimum atomic E-state index is 0.223. The summed E-state index contributed by atoms with van der Waals surface area (Å²) in [6, 6.07) is 1.86. The number of hydrogen-bond donors (Lipinski definition) is 2. The fraction of sp³-hybridized carbons (Fsp3) is 0.500. The van der Waals surface area contributed by atoms with E-state index in [0.717, 1.165) is 6.54 Å². The van der Waals surface area contributed by atoms with Crippen LogP contribution < -0.4 is 16.2 Å². The predicted molar refractivity (Wildman–Crippen MR) is 69.7 cm³/mol. The number of pyridine rings is 1. The number of nitrogens with one attached hydrogen (secondary N) is 1. The van der Waals surface area contributed by atoms with Crippen LogP contribution in [0.15, 0.2) is 6.07 Å². The van der Waals surface area contributed by atoms with Gasteiger partial charge in [-0.05, 0) is 13.0 Å². The first-order valence-electron chi connectivity index (χ1n) is 5.30. The topological polar surface area (TPSA) is 63.4 Å². The van der Waals surface area contributed by atoms with Crippen LogP contribution >= 0.6 is 23.2 Å². The minimum Gasteiger partial charge on any atom is -0.377 e. The molecule has 1 saturated heterocycles. The van der Waals surface area contributed by atoms with Gasteiger partial charge in [-0.25, -0.2) is 10.8 Å². The van der Waals surface area contributed by atoms with Crippen molar-refractivity contribution in [2.45, 2.75) is 13.0 Å². The molecule has 5 nitrogen and oxygen atoms in total. The lowest BCUT2D eigenvalue weighted by Crippen LogP contribution is -2.44. The Morgan fingerprint density at radius 3 is 2.94 bits per heavy atom. The number of morpholine rings is 1. The molecule has 1 aliphatic heterocycles. The maximum atomic E-state index is 6.16. The van der Waals surface area contributed by atoms with Gasteiger partial charge in [0.25, 0.3) is 0 Å². The minimum absolute atomic E-state index is 0.223. The van der Waals surface area contributed by atoms with Gasteiger partial charge in [-0.3, -0.25) is 0 Å². The molecule has 1 aromatic heterocycles. The van der Waals surface area contributed by atoms with Crippen LogP contribution in [0.5, 0.6) is 0 Å². The highest BCUT2D eigenvalue weighted by molar-refractivity contribution is 6.37. The van der Waals surface area contributed by atoms with E-state index in [1.807, 2.05) is 0 Å². The van der Waals surface area contributed by atoms with E-state index in [1.165, 1.54) is 0 Å². The Balaban J connectivity index is 2.36. The zero-order valence-corrected chi connectivity index (χ0v) is 10.9. The Kier molecular flexibility index (Phi) is 3.93. The molecule has 94 valence electrons.